The number of benzene rings is 2. The quantitative estimate of drug-likeness (QED) is 0.681. The number of oxazole rings is 1. The van der Waals surface area contributed by atoms with E-state index in [0.717, 1.165) is 11.1 Å². The van der Waals surface area contributed by atoms with Gasteiger partial charge in [-0.05, 0) is 31.0 Å². The summed E-state index contributed by atoms with van der Waals surface area (Å²) in [5, 5.41) is 10.2. The van der Waals surface area contributed by atoms with Gasteiger partial charge in [0.25, 0.3) is 5.91 Å². The molecule has 2 atom stereocenters. The predicted octanol–water partition coefficient (Wildman–Crippen LogP) is 3.43. The minimum atomic E-state index is -0.695. The summed E-state index contributed by atoms with van der Waals surface area (Å²) in [7, 11) is 0. The van der Waals surface area contributed by atoms with Crippen molar-refractivity contribution in [3.63, 3.8) is 0 Å². The molecule has 1 amide bonds. The topological polar surface area (TPSA) is 83.6 Å². The van der Waals surface area contributed by atoms with Crippen LogP contribution in [0, 0.1) is 6.92 Å². The van der Waals surface area contributed by atoms with E-state index in [1.54, 1.807) is 24.4 Å². The van der Waals surface area contributed by atoms with E-state index < -0.39 is 12.1 Å². The van der Waals surface area contributed by atoms with Gasteiger partial charge < -0.3 is 14.4 Å². The molecule has 0 radical (unpaired) electrons. The summed E-state index contributed by atoms with van der Waals surface area (Å²) in [6.45, 7) is 2.18. The average Bonchev–Trinajstić information content (AvgIpc) is 3.43. The second kappa shape index (κ2) is 8.63. The van der Waals surface area contributed by atoms with Crippen LogP contribution in [-0.2, 0) is 11.2 Å². The van der Waals surface area contributed by atoms with E-state index in [-0.39, 0.29) is 24.7 Å². The van der Waals surface area contributed by atoms with Gasteiger partial charge in [0.15, 0.2) is 17.9 Å². The van der Waals surface area contributed by atoms with Gasteiger partial charge in [0.2, 0.25) is 0 Å². The second-order valence-corrected chi connectivity index (χ2v) is 7.76. The van der Waals surface area contributed by atoms with Crippen molar-refractivity contribution in [2.24, 2.45) is 0 Å². The van der Waals surface area contributed by atoms with Crippen LogP contribution in [0.3, 0.4) is 0 Å². The Morgan fingerprint density at radius 3 is 2.73 bits per heavy atom. The largest absolute Gasteiger partial charge is 0.444 e. The monoisotopic (exact) mass is 404 g/mol. The molecular formula is C24H24N2O4. The lowest BCUT2D eigenvalue weighted by Crippen LogP contribution is -2.40. The highest BCUT2D eigenvalue weighted by atomic mass is 16.3. The van der Waals surface area contributed by atoms with Gasteiger partial charge in [-0.1, -0.05) is 42.0 Å². The molecule has 0 bridgehead atoms. The maximum atomic E-state index is 13.2. The summed E-state index contributed by atoms with van der Waals surface area (Å²) in [4.78, 5) is 31.5. The number of carbonyl (C=O) groups is 2. The van der Waals surface area contributed by atoms with Crippen LogP contribution in [0.4, 0.5) is 0 Å². The Bertz CT molecular complexity index is 1030. The zero-order valence-corrected chi connectivity index (χ0v) is 16.8. The van der Waals surface area contributed by atoms with Crippen LogP contribution >= 0.6 is 0 Å². The average molecular weight is 404 g/mol. The number of Topliss-reactive ketones (excluding diaryl/α,β-unsaturated/α-hetero) is 1. The molecule has 1 saturated heterocycles. The number of aryl methyl sites for hydroxylation is 2. The van der Waals surface area contributed by atoms with Crippen molar-refractivity contribution in [1.82, 2.24) is 9.88 Å². The van der Waals surface area contributed by atoms with Crippen molar-refractivity contribution in [1.29, 1.82) is 0 Å². The van der Waals surface area contributed by atoms with Crippen molar-refractivity contribution in [3.8, 4) is 11.3 Å². The van der Waals surface area contributed by atoms with E-state index in [9.17, 15) is 14.7 Å². The molecule has 6 nitrogen and oxygen atoms in total. The molecule has 6 heteroatoms. The number of β-amino-alcohol motifs (C(OH)–C–C–N with tert-alkyl or cyclic N) is 1. The molecule has 1 aliphatic heterocycles. The van der Waals surface area contributed by atoms with Crippen LogP contribution in [0.2, 0.25) is 0 Å². The van der Waals surface area contributed by atoms with Crippen LogP contribution in [0.1, 0.15) is 34.3 Å². The standard InChI is InChI=1S/C24H24N2O4/c1-16-5-7-17(8-6-16)9-10-22(28)21-12-20(27)14-26(21)24(29)19-4-2-3-18(11-19)23-13-25-15-30-23/h2-8,11,13,15,20-21,27H,9-10,12,14H2,1H3/t20-,21+/m1/s1. The van der Waals surface area contributed by atoms with Crippen LogP contribution in [0.25, 0.3) is 11.3 Å². The fourth-order valence-corrected chi connectivity index (χ4v) is 3.86. The van der Waals surface area contributed by atoms with Crippen molar-refractivity contribution >= 4 is 11.7 Å². The second-order valence-electron chi connectivity index (χ2n) is 7.76. The van der Waals surface area contributed by atoms with Gasteiger partial charge in [0.05, 0.1) is 18.3 Å². The summed E-state index contributed by atoms with van der Waals surface area (Å²) in [6, 6.07) is 14.5. The van der Waals surface area contributed by atoms with E-state index in [2.05, 4.69) is 4.98 Å². The molecule has 2 aromatic carbocycles. The molecule has 0 aliphatic carbocycles. The lowest BCUT2D eigenvalue weighted by molar-refractivity contribution is -0.122. The molecule has 1 aromatic heterocycles. The van der Waals surface area contributed by atoms with Crippen molar-refractivity contribution < 1.29 is 19.1 Å². The molecular weight excluding hydrogens is 380 g/mol. The molecule has 2 heterocycles. The Hall–Kier alpha value is -3.25. The van der Waals surface area contributed by atoms with Gasteiger partial charge in [0, 0.05) is 30.5 Å². The fraction of sp³-hybridized carbons (Fsp3) is 0.292. The van der Waals surface area contributed by atoms with Crippen molar-refractivity contribution in [3.05, 3.63) is 77.8 Å². The number of carbonyl (C=O) groups excluding carboxylic acids is 2. The number of amides is 1. The number of nitrogens with zero attached hydrogens (tertiary/aromatic N) is 2. The van der Waals surface area contributed by atoms with Gasteiger partial charge in [0.1, 0.15) is 0 Å². The number of hydrogen-bond donors (Lipinski definition) is 1. The Labute approximate surface area is 175 Å². The maximum absolute atomic E-state index is 13.2. The molecule has 0 saturated carbocycles. The predicted molar refractivity (Wildman–Crippen MR) is 112 cm³/mol. The number of ketones is 1. The Morgan fingerprint density at radius 1 is 1.20 bits per heavy atom. The highest BCUT2D eigenvalue weighted by molar-refractivity contribution is 5.99. The summed E-state index contributed by atoms with van der Waals surface area (Å²) in [6.07, 6.45) is 3.46. The third kappa shape index (κ3) is 4.33. The first kappa shape index (κ1) is 20.0. The highest BCUT2D eigenvalue weighted by Crippen LogP contribution is 2.25. The first-order chi connectivity index (χ1) is 14.5. The van der Waals surface area contributed by atoms with Crippen LogP contribution in [-0.4, -0.2) is 45.4 Å². The van der Waals surface area contributed by atoms with Gasteiger partial charge >= 0.3 is 0 Å². The summed E-state index contributed by atoms with van der Waals surface area (Å²) < 4.78 is 5.31. The van der Waals surface area contributed by atoms with Gasteiger partial charge in [-0.15, -0.1) is 0 Å². The Morgan fingerprint density at radius 2 is 2.00 bits per heavy atom. The van der Waals surface area contributed by atoms with Gasteiger partial charge in [-0.2, -0.15) is 0 Å². The van der Waals surface area contributed by atoms with Crippen LogP contribution in [0.5, 0.6) is 0 Å². The van der Waals surface area contributed by atoms with Crippen molar-refractivity contribution in [2.75, 3.05) is 6.54 Å². The minimum absolute atomic E-state index is 0.0214. The fourth-order valence-electron chi connectivity index (χ4n) is 3.86. The molecule has 30 heavy (non-hydrogen) atoms. The molecule has 1 N–H and O–H groups in total. The van der Waals surface area contributed by atoms with E-state index in [0.29, 0.717) is 24.2 Å². The van der Waals surface area contributed by atoms with Crippen molar-refractivity contribution in [2.45, 2.75) is 38.3 Å². The molecule has 0 unspecified atom stereocenters. The molecule has 1 aliphatic rings. The SMILES string of the molecule is Cc1ccc(CCC(=O)[C@@H]2C[C@@H](O)CN2C(=O)c2cccc(-c3cnco3)c2)cc1. The summed E-state index contributed by atoms with van der Waals surface area (Å²) in [5.41, 5.74) is 3.45. The van der Waals surface area contributed by atoms with Crippen LogP contribution < -0.4 is 0 Å². The Kier molecular flexibility index (Phi) is 5.77. The lowest BCUT2D eigenvalue weighted by Gasteiger charge is -2.23. The minimum Gasteiger partial charge on any atom is -0.444 e. The first-order valence-electron chi connectivity index (χ1n) is 10.1. The van der Waals surface area contributed by atoms with E-state index in [1.807, 2.05) is 37.3 Å². The Balaban J connectivity index is 1.48. The van der Waals surface area contributed by atoms with Gasteiger partial charge in [-0.3, -0.25) is 9.59 Å². The van der Waals surface area contributed by atoms with E-state index >= 15 is 0 Å². The van der Waals surface area contributed by atoms with E-state index in [1.165, 1.54) is 16.9 Å². The van der Waals surface area contributed by atoms with Gasteiger partial charge in [-0.25, -0.2) is 4.98 Å². The first-order valence-corrected chi connectivity index (χ1v) is 10.1. The number of aliphatic hydroxyl groups is 1. The van der Waals surface area contributed by atoms with E-state index in [4.69, 9.17) is 4.42 Å². The number of hydrogen-bond acceptors (Lipinski definition) is 5. The number of rotatable bonds is 6. The smallest absolute Gasteiger partial charge is 0.254 e. The number of likely N-dealkylation sites (tertiary alicyclic amines) is 1. The zero-order valence-electron chi connectivity index (χ0n) is 16.8. The summed E-state index contributed by atoms with van der Waals surface area (Å²) in [5.74, 6) is 0.283. The maximum Gasteiger partial charge on any atom is 0.254 e. The lowest BCUT2D eigenvalue weighted by atomic mass is 10.00. The number of aliphatic hydroxyl groups excluding tert-OH is 1. The molecule has 0 spiro atoms. The van der Waals surface area contributed by atoms with Crippen LogP contribution in [0.15, 0.2) is 65.5 Å². The molecule has 1 fully saturated rings. The highest BCUT2D eigenvalue weighted by Gasteiger charge is 2.38. The molecule has 154 valence electrons. The molecule has 3 aromatic rings. The third-order valence-electron chi connectivity index (χ3n) is 5.52. The third-order valence-corrected chi connectivity index (χ3v) is 5.52. The zero-order chi connectivity index (χ0) is 21.1. The number of aromatic nitrogens is 1. The molecule has 4 rings (SSSR count). The normalized spacial score (nSPS) is 18.5. The summed E-state index contributed by atoms with van der Waals surface area (Å²) >= 11 is 0.